The normalized spacial score (nSPS) is 39.0. The van der Waals surface area contributed by atoms with Gasteiger partial charge in [0.1, 0.15) is 0 Å². The summed E-state index contributed by atoms with van der Waals surface area (Å²) in [6, 6.07) is 1.10. The summed E-state index contributed by atoms with van der Waals surface area (Å²) in [5.74, 6) is 0.827. The molecule has 3 rings (SSSR count). The van der Waals surface area contributed by atoms with Gasteiger partial charge in [0.25, 0.3) is 0 Å². The molecule has 1 aliphatic heterocycles. The minimum Gasteiger partial charge on any atom is -0.375 e. The zero-order valence-corrected chi connectivity index (χ0v) is 9.40. The molecule has 2 N–H and O–H groups in total. The third-order valence-corrected chi connectivity index (χ3v) is 4.27. The molecule has 2 saturated carbocycles. The number of morpholine rings is 1. The van der Waals surface area contributed by atoms with Gasteiger partial charge in [0.05, 0.1) is 12.7 Å². The van der Waals surface area contributed by atoms with Crippen LogP contribution in [0.15, 0.2) is 0 Å². The molecule has 15 heavy (non-hydrogen) atoms. The quantitative estimate of drug-likeness (QED) is 0.754. The third kappa shape index (κ3) is 2.05. The Hall–Kier alpha value is -0.120. The molecule has 3 heteroatoms. The maximum absolute atomic E-state index is 6.21. The molecule has 0 bridgehead atoms. The predicted octanol–water partition coefficient (Wildman–Crippen LogP) is 0.977. The molecule has 86 valence electrons. The number of hydrogen-bond acceptors (Lipinski definition) is 3. The smallest absolute Gasteiger partial charge is 0.0730 e. The van der Waals surface area contributed by atoms with Gasteiger partial charge in [-0.2, -0.15) is 0 Å². The van der Waals surface area contributed by atoms with E-state index >= 15 is 0 Å². The Morgan fingerprint density at radius 2 is 2.13 bits per heavy atom. The highest BCUT2D eigenvalue weighted by molar-refractivity contribution is 4.93. The van der Waals surface area contributed by atoms with E-state index in [4.69, 9.17) is 10.5 Å². The summed E-state index contributed by atoms with van der Waals surface area (Å²) in [7, 11) is 0. The standard InChI is InChI=1S/C12H22N2O/c13-10(9-4-5-9)8-14-6-7-15-12-3-1-2-11(12)14/h9-12H,1-8,13H2. The highest BCUT2D eigenvalue weighted by Crippen LogP contribution is 2.34. The van der Waals surface area contributed by atoms with Crippen molar-refractivity contribution in [3.05, 3.63) is 0 Å². The number of nitrogens with zero attached hydrogens (tertiary/aromatic N) is 1. The molecule has 0 aromatic heterocycles. The van der Waals surface area contributed by atoms with Gasteiger partial charge in [-0.15, -0.1) is 0 Å². The highest BCUT2D eigenvalue weighted by atomic mass is 16.5. The molecule has 0 spiro atoms. The molecule has 2 aliphatic carbocycles. The van der Waals surface area contributed by atoms with E-state index in [9.17, 15) is 0 Å². The van der Waals surface area contributed by atoms with Crippen LogP contribution in [0.5, 0.6) is 0 Å². The van der Waals surface area contributed by atoms with E-state index in [1.54, 1.807) is 0 Å². The molecule has 3 unspecified atom stereocenters. The van der Waals surface area contributed by atoms with Gasteiger partial charge in [0, 0.05) is 25.2 Å². The molecule has 0 radical (unpaired) electrons. The Morgan fingerprint density at radius 1 is 1.27 bits per heavy atom. The van der Waals surface area contributed by atoms with Gasteiger partial charge < -0.3 is 10.5 Å². The molecule has 0 aromatic rings. The van der Waals surface area contributed by atoms with Crippen LogP contribution in [0.2, 0.25) is 0 Å². The molecular formula is C12H22N2O. The van der Waals surface area contributed by atoms with Crippen LogP contribution < -0.4 is 5.73 Å². The van der Waals surface area contributed by atoms with Gasteiger partial charge in [-0.25, -0.2) is 0 Å². The van der Waals surface area contributed by atoms with Crippen LogP contribution in [0.3, 0.4) is 0 Å². The van der Waals surface area contributed by atoms with E-state index in [0.29, 0.717) is 18.2 Å². The topological polar surface area (TPSA) is 38.5 Å². The molecular weight excluding hydrogens is 188 g/mol. The van der Waals surface area contributed by atoms with E-state index in [0.717, 1.165) is 25.6 Å². The van der Waals surface area contributed by atoms with E-state index in [1.165, 1.54) is 32.1 Å². The number of fused-ring (bicyclic) bond motifs is 1. The number of hydrogen-bond donors (Lipinski definition) is 1. The van der Waals surface area contributed by atoms with Crippen molar-refractivity contribution in [3.8, 4) is 0 Å². The Morgan fingerprint density at radius 3 is 2.93 bits per heavy atom. The molecule has 3 fully saturated rings. The maximum Gasteiger partial charge on any atom is 0.0730 e. The molecule has 3 nitrogen and oxygen atoms in total. The van der Waals surface area contributed by atoms with Crippen LogP contribution in [0, 0.1) is 5.92 Å². The summed E-state index contributed by atoms with van der Waals surface area (Å²) < 4.78 is 5.81. The second-order valence-electron chi connectivity index (χ2n) is 5.40. The molecule has 1 saturated heterocycles. The fraction of sp³-hybridized carbons (Fsp3) is 1.00. The SMILES string of the molecule is NC(CN1CCOC2CCCC21)C1CC1. The van der Waals surface area contributed by atoms with Crippen LogP contribution in [-0.2, 0) is 4.74 Å². The third-order valence-electron chi connectivity index (χ3n) is 4.27. The van der Waals surface area contributed by atoms with Gasteiger partial charge in [-0.05, 0) is 38.0 Å². The minimum atomic E-state index is 0.421. The molecule has 3 aliphatic rings. The lowest BCUT2D eigenvalue weighted by Crippen LogP contribution is -2.52. The summed E-state index contributed by atoms with van der Waals surface area (Å²) in [5, 5.41) is 0. The lowest BCUT2D eigenvalue weighted by molar-refractivity contribution is -0.0576. The van der Waals surface area contributed by atoms with E-state index < -0.39 is 0 Å². The van der Waals surface area contributed by atoms with Crippen molar-refractivity contribution >= 4 is 0 Å². The summed E-state index contributed by atoms with van der Waals surface area (Å²) >= 11 is 0. The van der Waals surface area contributed by atoms with Gasteiger partial charge >= 0.3 is 0 Å². The molecule has 1 heterocycles. The highest BCUT2D eigenvalue weighted by Gasteiger charge is 2.38. The Balaban J connectivity index is 1.58. The van der Waals surface area contributed by atoms with Crippen LogP contribution >= 0.6 is 0 Å². The first-order chi connectivity index (χ1) is 7.34. The molecule has 0 aromatic carbocycles. The fourth-order valence-electron chi connectivity index (χ4n) is 3.18. The largest absolute Gasteiger partial charge is 0.375 e. The monoisotopic (exact) mass is 210 g/mol. The summed E-state index contributed by atoms with van der Waals surface area (Å²) in [5.41, 5.74) is 6.21. The van der Waals surface area contributed by atoms with E-state index in [1.807, 2.05) is 0 Å². The second-order valence-corrected chi connectivity index (χ2v) is 5.40. The first kappa shape index (κ1) is 10.1. The van der Waals surface area contributed by atoms with Gasteiger partial charge in [-0.1, -0.05) is 0 Å². The Bertz CT molecular complexity index is 230. The van der Waals surface area contributed by atoms with Gasteiger partial charge in [0.15, 0.2) is 0 Å². The van der Waals surface area contributed by atoms with Gasteiger partial charge in [0.2, 0.25) is 0 Å². The van der Waals surface area contributed by atoms with Gasteiger partial charge in [-0.3, -0.25) is 4.90 Å². The predicted molar refractivity (Wildman–Crippen MR) is 59.7 cm³/mol. The first-order valence-corrected chi connectivity index (χ1v) is 6.46. The second kappa shape index (κ2) is 4.04. The van der Waals surface area contributed by atoms with Crippen molar-refractivity contribution in [1.82, 2.24) is 4.90 Å². The van der Waals surface area contributed by atoms with E-state index in [-0.39, 0.29) is 0 Å². The van der Waals surface area contributed by atoms with Crippen molar-refractivity contribution in [2.24, 2.45) is 11.7 Å². The van der Waals surface area contributed by atoms with Crippen LogP contribution in [0.25, 0.3) is 0 Å². The number of rotatable bonds is 3. The summed E-state index contributed by atoms with van der Waals surface area (Å²) in [6.07, 6.45) is 7.16. The van der Waals surface area contributed by atoms with Crippen molar-refractivity contribution in [2.45, 2.75) is 50.3 Å². The van der Waals surface area contributed by atoms with Crippen LogP contribution in [0.4, 0.5) is 0 Å². The Labute approximate surface area is 91.9 Å². The van der Waals surface area contributed by atoms with Crippen molar-refractivity contribution < 1.29 is 4.74 Å². The van der Waals surface area contributed by atoms with Crippen molar-refractivity contribution in [3.63, 3.8) is 0 Å². The summed E-state index contributed by atoms with van der Waals surface area (Å²) in [4.78, 5) is 2.60. The first-order valence-electron chi connectivity index (χ1n) is 6.46. The zero-order valence-electron chi connectivity index (χ0n) is 9.40. The fourth-order valence-corrected chi connectivity index (χ4v) is 3.18. The van der Waals surface area contributed by atoms with Crippen molar-refractivity contribution in [1.29, 1.82) is 0 Å². The van der Waals surface area contributed by atoms with Crippen LogP contribution in [0.1, 0.15) is 32.1 Å². The number of ether oxygens (including phenoxy) is 1. The number of nitrogens with two attached hydrogens (primary N) is 1. The average molecular weight is 210 g/mol. The molecule has 3 atom stereocenters. The minimum absolute atomic E-state index is 0.421. The molecule has 0 amide bonds. The lowest BCUT2D eigenvalue weighted by atomic mass is 10.1. The Kier molecular flexibility index (Phi) is 2.71. The summed E-state index contributed by atoms with van der Waals surface area (Å²) in [6.45, 7) is 3.12. The lowest BCUT2D eigenvalue weighted by Gasteiger charge is -2.39. The zero-order chi connectivity index (χ0) is 10.3. The van der Waals surface area contributed by atoms with E-state index in [2.05, 4.69) is 4.90 Å². The maximum atomic E-state index is 6.21. The van der Waals surface area contributed by atoms with Crippen LogP contribution in [-0.4, -0.2) is 42.8 Å². The van der Waals surface area contributed by atoms with Crippen molar-refractivity contribution in [2.75, 3.05) is 19.7 Å². The average Bonchev–Trinajstić information content (AvgIpc) is 2.97.